The minimum Gasteiger partial charge on any atom is -0.496 e. The molecule has 0 atom stereocenters. The van der Waals surface area contributed by atoms with E-state index >= 15 is 0 Å². The molecule has 23 heavy (non-hydrogen) atoms. The molecule has 0 spiro atoms. The first-order valence-corrected chi connectivity index (χ1v) is 8.08. The fourth-order valence-electron chi connectivity index (χ4n) is 3.38. The Hall–Kier alpha value is -2.34. The summed E-state index contributed by atoms with van der Waals surface area (Å²) in [5, 5.41) is 1.03. The third-order valence-electron chi connectivity index (χ3n) is 4.69. The van der Waals surface area contributed by atoms with Crippen LogP contribution in [0, 0.1) is 0 Å². The molecule has 6 heteroatoms. The topological polar surface area (TPSA) is 57.3 Å². The minimum atomic E-state index is 0.842. The number of hydrogen-bond donors (Lipinski definition) is 1. The number of anilines is 1. The van der Waals surface area contributed by atoms with Gasteiger partial charge in [-0.2, -0.15) is 0 Å². The maximum atomic E-state index is 5.51. The van der Waals surface area contributed by atoms with E-state index in [9.17, 15) is 0 Å². The van der Waals surface area contributed by atoms with Crippen molar-refractivity contribution in [1.82, 2.24) is 19.9 Å². The van der Waals surface area contributed by atoms with Crippen LogP contribution in [0.5, 0.6) is 5.75 Å². The number of methoxy groups -OCH3 is 1. The molecule has 1 aromatic carbocycles. The summed E-state index contributed by atoms with van der Waals surface area (Å²) in [5.74, 6) is 1.83. The molecule has 1 fully saturated rings. The van der Waals surface area contributed by atoms with E-state index in [1.165, 1.54) is 0 Å². The van der Waals surface area contributed by atoms with Crippen molar-refractivity contribution in [1.29, 1.82) is 0 Å². The molecular weight excluding hydrogens is 290 g/mol. The summed E-state index contributed by atoms with van der Waals surface area (Å²) in [6, 6.07) is 6.01. The maximum Gasteiger partial charge on any atom is 0.156 e. The summed E-state index contributed by atoms with van der Waals surface area (Å²) >= 11 is 0. The monoisotopic (exact) mass is 311 g/mol. The molecule has 0 saturated carbocycles. The second-order valence-electron chi connectivity index (χ2n) is 5.85. The molecule has 3 heterocycles. The van der Waals surface area contributed by atoms with E-state index in [4.69, 9.17) is 4.74 Å². The van der Waals surface area contributed by atoms with Crippen LogP contribution in [0.3, 0.4) is 0 Å². The second-order valence-corrected chi connectivity index (χ2v) is 5.85. The van der Waals surface area contributed by atoms with Gasteiger partial charge in [-0.1, -0.05) is 13.0 Å². The Morgan fingerprint density at radius 3 is 2.74 bits per heavy atom. The van der Waals surface area contributed by atoms with E-state index in [0.29, 0.717) is 0 Å². The maximum absolute atomic E-state index is 5.51. The van der Waals surface area contributed by atoms with E-state index in [1.807, 2.05) is 12.1 Å². The molecule has 1 aliphatic heterocycles. The quantitative estimate of drug-likeness (QED) is 0.804. The van der Waals surface area contributed by atoms with Gasteiger partial charge in [-0.25, -0.2) is 9.97 Å². The van der Waals surface area contributed by atoms with Gasteiger partial charge in [-0.05, 0) is 18.7 Å². The van der Waals surface area contributed by atoms with Gasteiger partial charge >= 0.3 is 0 Å². The van der Waals surface area contributed by atoms with Gasteiger partial charge in [0.15, 0.2) is 5.82 Å². The van der Waals surface area contributed by atoms with Crippen LogP contribution in [0.15, 0.2) is 24.5 Å². The number of hydrogen-bond acceptors (Lipinski definition) is 5. The van der Waals surface area contributed by atoms with Crippen LogP contribution in [0.25, 0.3) is 21.9 Å². The number of nitrogens with zero attached hydrogens (tertiary/aromatic N) is 4. The van der Waals surface area contributed by atoms with Gasteiger partial charge in [-0.3, -0.25) is 0 Å². The van der Waals surface area contributed by atoms with Crippen molar-refractivity contribution in [2.24, 2.45) is 0 Å². The highest BCUT2D eigenvalue weighted by atomic mass is 16.5. The van der Waals surface area contributed by atoms with Crippen LogP contribution in [0.4, 0.5) is 5.82 Å². The zero-order valence-electron chi connectivity index (χ0n) is 13.5. The van der Waals surface area contributed by atoms with Crippen LogP contribution < -0.4 is 9.64 Å². The summed E-state index contributed by atoms with van der Waals surface area (Å²) in [5.41, 5.74) is 2.96. The lowest BCUT2D eigenvalue weighted by atomic mass is 10.2. The van der Waals surface area contributed by atoms with Crippen molar-refractivity contribution in [2.75, 3.05) is 44.7 Å². The Kier molecular flexibility index (Phi) is 3.53. The second kappa shape index (κ2) is 5.70. The number of ether oxygens (including phenoxy) is 1. The molecule has 0 aliphatic carbocycles. The van der Waals surface area contributed by atoms with Gasteiger partial charge in [0.25, 0.3) is 0 Å². The number of aromatic nitrogens is 3. The normalized spacial score (nSPS) is 16.3. The average Bonchev–Trinajstić information content (AvgIpc) is 3.00. The van der Waals surface area contributed by atoms with Gasteiger partial charge in [0.1, 0.15) is 23.1 Å². The number of benzene rings is 1. The van der Waals surface area contributed by atoms with Crippen LogP contribution in [0.1, 0.15) is 6.92 Å². The van der Waals surface area contributed by atoms with Crippen LogP contribution >= 0.6 is 0 Å². The standard InChI is InChI=1S/C17H21N5O/c1-3-21-7-9-22(10-8-21)17-16-15(18-11-19-17)14-12(20-16)5-4-6-13(14)23-2/h4-6,11,20H,3,7-10H2,1-2H3. The summed E-state index contributed by atoms with van der Waals surface area (Å²) in [7, 11) is 1.69. The molecular formula is C17H21N5O. The van der Waals surface area contributed by atoms with Gasteiger partial charge in [0, 0.05) is 26.2 Å². The van der Waals surface area contributed by atoms with Crippen LogP contribution in [0.2, 0.25) is 0 Å². The van der Waals surface area contributed by atoms with Crippen molar-refractivity contribution in [3.8, 4) is 5.75 Å². The van der Waals surface area contributed by atoms with Crippen molar-refractivity contribution < 1.29 is 4.74 Å². The highest BCUT2D eigenvalue weighted by molar-refractivity contribution is 6.11. The summed E-state index contributed by atoms with van der Waals surface area (Å²) in [4.78, 5) is 17.4. The van der Waals surface area contributed by atoms with Crippen LogP contribution in [-0.2, 0) is 0 Å². The average molecular weight is 311 g/mol. The number of likely N-dealkylation sites (N-methyl/N-ethyl adjacent to an activating group) is 1. The van der Waals surface area contributed by atoms with Crippen molar-refractivity contribution in [3.05, 3.63) is 24.5 Å². The fourth-order valence-corrected chi connectivity index (χ4v) is 3.38. The molecule has 120 valence electrons. The lowest BCUT2D eigenvalue weighted by Gasteiger charge is -2.34. The highest BCUT2D eigenvalue weighted by Crippen LogP contribution is 2.34. The lowest BCUT2D eigenvalue weighted by molar-refractivity contribution is 0.270. The molecule has 1 N–H and O–H groups in total. The molecule has 0 unspecified atom stereocenters. The molecule has 0 bridgehead atoms. The van der Waals surface area contributed by atoms with Gasteiger partial charge in [0.05, 0.1) is 18.0 Å². The fraction of sp³-hybridized carbons (Fsp3) is 0.412. The van der Waals surface area contributed by atoms with Gasteiger partial charge in [-0.15, -0.1) is 0 Å². The number of rotatable bonds is 3. The first-order chi connectivity index (χ1) is 11.3. The number of H-pyrrole nitrogens is 1. The molecule has 0 radical (unpaired) electrons. The van der Waals surface area contributed by atoms with Crippen molar-refractivity contribution in [3.63, 3.8) is 0 Å². The van der Waals surface area contributed by atoms with Gasteiger partial charge < -0.3 is 19.5 Å². The number of piperazine rings is 1. The highest BCUT2D eigenvalue weighted by Gasteiger charge is 2.21. The predicted octanol–water partition coefficient (Wildman–Crippen LogP) is 2.26. The Labute approximate surface area is 135 Å². The predicted molar refractivity (Wildman–Crippen MR) is 92.3 cm³/mol. The molecule has 1 saturated heterocycles. The number of nitrogens with one attached hydrogen (secondary N) is 1. The SMILES string of the molecule is CCN1CCN(c2ncnc3c2[nH]c2cccc(OC)c23)CC1. The van der Waals surface area contributed by atoms with E-state index < -0.39 is 0 Å². The van der Waals surface area contributed by atoms with E-state index in [0.717, 1.165) is 66.2 Å². The summed E-state index contributed by atoms with van der Waals surface area (Å²) in [6.45, 7) is 7.45. The van der Waals surface area contributed by atoms with Crippen molar-refractivity contribution >= 4 is 27.8 Å². The smallest absolute Gasteiger partial charge is 0.156 e. The van der Waals surface area contributed by atoms with E-state index in [1.54, 1.807) is 13.4 Å². The summed E-state index contributed by atoms with van der Waals surface area (Å²) < 4.78 is 5.51. The molecule has 2 aromatic heterocycles. The number of aromatic amines is 1. The van der Waals surface area contributed by atoms with Crippen LogP contribution in [-0.4, -0.2) is 59.7 Å². The lowest BCUT2D eigenvalue weighted by Crippen LogP contribution is -2.46. The van der Waals surface area contributed by atoms with Crippen molar-refractivity contribution in [2.45, 2.75) is 6.92 Å². The molecule has 6 nitrogen and oxygen atoms in total. The first kappa shape index (κ1) is 14.3. The minimum absolute atomic E-state index is 0.842. The van der Waals surface area contributed by atoms with E-state index in [2.05, 4.69) is 37.7 Å². The van der Waals surface area contributed by atoms with Gasteiger partial charge in [0.2, 0.25) is 0 Å². The zero-order valence-corrected chi connectivity index (χ0v) is 13.5. The summed E-state index contributed by atoms with van der Waals surface area (Å²) in [6.07, 6.45) is 1.66. The molecule has 3 aromatic rings. The molecule has 1 aliphatic rings. The molecule has 4 rings (SSSR count). The Bertz CT molecular complexity index is 835. The third kappa shape index (κ3) is 2.30. The Balaban J connectivity index is 1.82. The third-order valence-corrected chi connectivity index (χ3v) is 4.69. The first-order valence-electron chi connectivity index (χ1n) is 8.08. The Morgan fingerprint density at radius 1 is 1.17 bits per heavy atom. The zero-order chi connectivity index (χ0) is 15.8. The number of fused-ring (bicyclic) bond motifs is 3. The van der Waals surface area contributed by atoms with E-state index in [-0.39, 0.29) is 0 Å². The Morgan fingerprint density at radius 2 is 2.00 bits per heavy atom. The largest absolute Gasteiger partial charge is 0.496 e. The molecule has 0 amide bonds.